The zero-order valence-electron chi connectivity index (χ0n) is 12.7. The largest absolute Gasteiger partial charge is 0.298 e. The van der Waals surface area contributed by atoms with E-state index < -0.39 is 0 Å². The Morgan fingerprint density at radius 1 is 0.722 bits per heavy atom. The Kier molecular flexibility index (Phi) is 6.67. The molecule has 104 valence electrons. The fourth-order valence-corrected chi connectivity index (χ4v) is 3.45. The third-order valence-corrected chi connectivity index (χ3v) is 4.13. The number of hydrogen-bond donors (Lipinski definition) is 0. The van der Waals surface area contributed by atoms with Gasteiger partial charge in [0.2, 0.25) is 0 Å². The molecule has 0 amide bonds. The summed E-state index contributed by atoms with van der Waals surface area (Å²) in [5.74, 6) is 1.09. The average molecular weight is 250 g/mol. The van der Waals surface area contributed by atoms with Gasteiger partial charge in [-0.1, -0.05) is 64.5 Å². The normalized spacial score (nSPS) is 24.1. The summed E-state index contributed by atoms with van der Waals surface area (Å²) in [5.41, 5.74) is 3.06. The summed E-state index contributed by atoms with van der Waals surface area (Å²) in [5, 5.41) is 0. The number of allylic oxidation sites excluding steroid dienone is 2. The molecule has 0 aliphatic heterocycles. The third-order valence-electron chi connectivity index (χ3n) is 4.13. The standard InChI is InChI=1S/C17H30O/c1-5-9-13-14(10-6-2)16(12-8-4)17(18)15(13)11-7-3/h15-16H,5-12H2,1-4H3/t15-,16-/m0/s1. The van der Waals surface area contributed by atoms with E-state index in [1.54, 1.807) is 0 Å². The van der Waals surface area contributed by atoms with Gasteiger partial charge in [-0.25, -0.2) is 0 Å². The lowest BCUT2D eigenvalue weighted by atomic mass is 9.90. The molecule has 0 aromatic rings. The molecule has 0 saturated heterocycles. The summed E-state index contributed by atoms with van der Waals surface area (Å²) < 4.78 is 0. The van der Waals surface area contributed by atoms with Gasteiger partial charge in [-0.2, -0.15) is 0 Å². The Hall–Kier alpha value is -0.590. The van der Waals surface area contributed by atoms with Gasteiger partial charge < -0.3 is 0 Å². The van der Waals surface area contributed by atoms with E-state index in [-0.39, 0.29) is 11.8 Å². The van der Waals surface area contributed by atoms with E-state index in [2.05, 4.69) is 27.7 Å². The highest BCUT2D eigenvalue weighted by atomic mass is 16.1. The minimum Gasteiger partial charge on any atom is -0.298 e. The molecular formula is C17H30O. The highest BCUT2D eigenvalue weighted by Gasteiger charge is 2.38. The summed E-state index contributed by atoms with van der Waals surface area (Å²) >= 11 is 0. The van der Waals surface area contributed by atoms with Crippen LogP contribution in [0.5, 0.6) is 0 Å². The first kappa shape index (κ1) is 15.5. The van der Waals surface area contributed by atoms with Crippen molar-refractivity contribution in [2.24, 2.45) is 11.8 Å². The van der Waals surface area contributed by atoms with E-state index in [1.165, 1.54) is 24.0 Å². The SMILES string of the molecule is CCCC1=C(CCC)[C@H](CCC)C(=O)[C@H]1CCC. The molecule has 0 saturated carbocycles. The number of Topliss-reactive ketones (excluding diaryl/α,β-unsaturated/α-hetero) is 1. The van der Waals surface area contributed by atoms with Crippen molar-refractivity contribution in [1.82, 2.24) is 0 Å². The quantitative estimate of drug-likeness (QED) is 0.534. The zero-order chi connectivity index (χ0) is 13.5. The van der Waals surface area contributed by atoms with Crippen LogP contribution >= 0.6 is 0 Å². The maximum absolute atomic E-state index is 12.6. The molecule has 1 rings (SSSR count). The van der Waals surface area contributed by atoms with Crippen LogP contribution in [0, 0.1) is 11.8 Å². The Morgan fingerprint density at radius 2 is 1.11 bits per heavy atom. The molecule has 1 aliphatic rings. The first-order chi connectivity index (χ1) is 8.71. The van der Waals surface area contributed by atoms with Gasteiger partial charge in [-0.05, 0) is 25.7 Å². The van der Waals surface area contributed by atoms with Crippen LogP contribution in [0.4, 0.5) is 0 Å². The summed E-state index contributed by atoms with van der Waals surface area (Å²) in [6.07, 6.45) is 9.04. The van der Waals surface area contributed by atoms with E-state index in [0.717, 1.165) is 38.5 Å². The van der Waals surface area contributed by atoms with Gasteiger partial charge in [-0.15, -0.1) is 0 Å². The van der Waals surface area contributed by atoms with Gasteiger partial charge in [0.1, 0.15) is 5.78 Å². The molecule has 0 bridgehead atoms. The molecule has 0 aromatic carbocycles. The van der Waals surface area contributed by atoms with Crippen LogP contribution in [-0.4, -0.2) is 5.78 Å². The molecule has 18 heavy (non-hydrogen) atoms. The number of rotatable bonds is 8. The second-order valence-electron chi connectivity index (χ2n) is 5.64. The van der Waals surface area contributed by atoms with Crippen LogP contribution in [-0.2, 0) is 4.79 Å². The predicted octanol–water partition coefficient (Wildman–Crippen LogP) is 5.30. The van der Waals surface area contributed by atoms with E-state index in [9.17, 15) is 4.79 Å². The molecule has 1 nitrogen and oxygen atoms in total. The lowest BCUT2D eigenvalue weighted by molar-refractivity contribution is -0.123. The molecular weight excluding hydrogens is 220 g/mol. The van der Waals surface area contributed by atoms with Crippen molar-refractivity contribution in [3.8, 4) is 0 Å². The topological polar surface area (TPSA) is 17.1 Å². The van der Waals surface area contributed by atoms with Crippen molar-refractivity contribution in [2.45, 2.75) is 79.1 Å². The van der Waals surface area contributed by atoms with Gasteiger partial charge in [0.05, 0.1) is 0 Å². The molecule has 1 heteroatoms. The van der Waals surface area contributed by atoms with Gasteiger partial charge in [-0.3, -0.25) is 4.79 Å². The van der Waals surface area contributed by atoms with Crippen molar-refractivity contribution < 1.29 is 4.79 Å². The highest BCUT2D eigenvalue weighted by molar-refractivity contribution is 5.92. The molecule has 1 aliphatic carbocycles. The summed E-state index contributed by atoms with van der Waals surface area (Å²) in [7, 11) is 0. The first-order valence-electron chi connectivity index (χ1n) is 7.96. The average Bonchev–Trinajstić information content (AvgIpc) is 2.58. The molecule has 0 heterocycles. The monoisotopic (exact) mass is 250 g/mol. The van der Waals surface area contributed by atoms with E-state index in [1.807, 2.05) is 0 Å². The minimum atomic E-state index is 0.271. The minimum absolute atomic E-state index is 0.271. The third kappa shape index (κ3) is 3.24. The fourth-order valence-electron chi connectivity index (χ4n) is 3.45. The Bertz CT molecular complexity index is 273. The Morgan fingerprint density at radius 3 is 1.39 bits per heavy atom. The Balaban J connectivity index is 3.02. The van der Waals surface area contributed by atoms with Crippen LogP contribution < -0.4 is 0 Å². The van der Waals surface area contributed by atoms with Crippen molar-refractivity contribution in [3.05, 3.63) is 11.1 Å². The summed E-state index contributed by atoms with van der Waals surface area (Å²) in [6, 6.07) is 0. The van der Waals surface area contributed by atoms with Crippen LogP contribution in [0.1, 0.15) is 79.1 Å². The smallest absolute Gasteiger partial charge is 0.147 e. The van der Waals surface area contributed by atoms with Crippen LogP contribution in [0.15, 0.2) is 11.1 Å². The van der Waals surface area contributed by atoms with E-state index >= 15 is 0 Å². The maximum atomic E-state index is 12.6. The molecule has 0 N–H and O–H groups in total. The van der Waals surface area contributed by atoms with Crippen LogP contribution in [0.2, 0.25) is 0 Å². The van der Waals surface area contributed by atoms with Gasteiger partial charge in [0, 0.05) is 11.8 Å². The van der Waals surface area contributed by atoms with Gasteiger partial charge in [0.25, 0.3) is 0 Å². The molecule has 0 fully saturated rings. The first-order valence-corrected chi connectivity index (χ1v) is 7.96. The van der Waals surface area contributed by atoms with Crippen LogP contribution in [0.25, 0.3) is 0 Å². The predicted molar refractivity (Wildman–Crippen MR) is 78.6 cm³/mol. The second-order valence-corrected chi connectivity index (χ2v) is 5.64. The second kappa shape index (κ2) is 7.76. The number of carbonyl (C=O) groups is 1. The maximum Gasteiger partial charge on any atom is 0.147 e. The van der Waals surface area contributed by atoms with Crippen molar-refractivity contribution in [3.63, 3.8) is 0 Å². The molecule has 0 aromatic heterocycles. The summed E-state index contributed by atoms with van der Waals surface area (Å²) in [6.45, 7) is 8.86. The molecule has 0 spiro atoms. The fraction of sp³-hybridized carbons (Fsp3) is 0.824. The van der Waals surface area contributed by atoms with E-state index in [0.29, 0.717) is 5.78 Å². The molecule has 0 radical (unpaired) electrons. The summed E-state index contributed by atoms with van der Waals surface area (Å²) in [4.78, 5) is 12.6. The van der Waals surface area contributed by atoms with Gasteiger partial charge in [0.15, 0.2) is 0 Å². The van der Waals surface area contributed by atoms with E-state index in [4.69, 9.17) is 0 Å². The number of hydrogen-bond acceptors (Lipinski definition) is 1. The molecule has 2 atom stereocenters. The lowest BCUT2D eigenvalue weighted by Crippen LogP contribution is -2.17. The lowest BCUT2D eigenvalue weighted by Gasteiger charge is -2.12. The van der Waals surface area contributed by atoms with Crippen molar-refractivity contribution in [2.75, 3.05) is 0 Å². The number of ketones is 1. The van der Waals surface area contributed by atoms with Gasteiger partial charge >= 0.3 is 0 Å². The highest BCUT2D eigenvalue weighted by Crippen LogP contribution is 2.42. The molecule has 0 unspecified atom stereocenters. The van der Waals surface area contributed by atoms with Crippen molar-refractivity contribution in [1.29, 1.82) is 0 Å². The zero-order valence-corrected chi connectivity index (χ0v) is 12.7. The van der Waals surface area contributed by atoms with Crippen LogP contribution in [0.3, 0.4) is 0 Å². The Labute approximate surface area is 113 Å². The number of carbonyl (C=O) groups excluding carboxylic acids is 1. The van der Waals surface area contributed by atoms with Crippen molar-refractivity contribution >= 4 is 5.78 Å².